The van der Waals surface area contributed by atoms with Gasteiger partial charge in [0.05, 0.1) is 18.8 Å². The van der Waals surface area contributed by atoms with E-state index in [1.165, 1.54) is 0 Å². The minimum Gasteiger partial charge on any atom is -0.378 e. The van der Waals surface area contributed by atoms with E-state index in [1.54, 1.807) is 6.20 Å². The number of aryl methyl sites for hydroxylation is 2. The summed E-state index contributed by atoms with van der Waals surface area (Å²) < 4.78 is 6.30. The highest BCUT2D eigenvalue weighted by atomic mass is 79.9. The summed E-state index contributed by atoms with van der Waals surface area (Å²) in [5.74, 6) is 0.0398. The second-order valence-corrected chi connectivity index (χ2v) is 6.87. The van der Waals surface area contributed by atoms with Crippen LogP contribution in [0, 0.1) is 19.3 Å². The van der Waals surface area contributed by atoms with Crippen LogP contribution >= 0.6 is 15.9 Å². The zero-order valence-corrected chi connectivity index (χ0v) is 15.7. The summed E-state index contributed by atoms with van der Waals surface area (Å²) in [6.07, 6.45) is 1.54. The Hall–Kier alpha value is -2.19. The molecule has 25 heavy (non-hydrogen) atoms. The van der Waals surface area contributed by atoms with Crippen LogP contribution in [-0.4, -0.2) is 48.9 Å². The highest BCUT2D eigenvalue weighted by Crippen LogP contribution is 2.25. The number of nitrogens with zero attached hydrogens (tertiary/aromatic N) is 2. The molecule has 2 aliphatic heterocycles. The third kappa shape index (κ3) is 3.91. The van der Waals surface area contributed by atoms with E-state index in [2.05, 4.69) is 31.6 Å². The molecule has 2 heterocycles. The van der Waals surface area contributed by atoms with E-state index in [0.717, 1.165) is 21.3 Å². The average Bonchev–Trinajstić information content (AvgIpc) is 2.56. The number of amidine groups is 1. The monoisotopic (exact) mass is 405 g/mol. The number of carbonyl (C=O) groups excluding carboxylic acids is 1. The highest BCUT2D eigenvalue weighted by Gasteiger charge is 2.26. The van der Waals surface area contributed by atoms with Crippen molar-refractivity contribution in [3.8, 4) is 0 Å². The fourth-order valence-electron chi connectivity index (χ4n) is 2.81. The lowest BCUT2D eigenvalue weighted by molar-refractivity contribution is -0.116. The van der Waals surface area contributed by atoms with E-state index in [0.29, 0.717) is 32.3 Å². The predicted molar refractivity (Wildman–Crippen MR) is 101 cm³/mol. The lowest BCUT2D eigenvalue weighted by Crippen LogP contribution is -2.52. The number of amides is 1. The lowest BCUT2D eigenvalue weighted by Gasteiger charge is -2.31. The van der Waals surface area contributed by atoms with E-state index < -0.39 is 0 Å². The summed E-state index contributed by atoms with van der Waals surface area (Å²) in [5, 5.41) is 14.0. The van der Waals surface area contributed by atoms with Crippen molar-refractivity contribution >= 4 is 39.3 Å². The Balaban J connectivity index is 1.79. The molecule has 0 bridgehead atoms. The van der Waals surface area contributed by atoms with Gasteiger partial charge in [0.25, 0.3) is 5.91 Å². The number of benzene rings is 1. The molecule has 132 valence electrons. The van der Waals surface area contributed by atoms with Gasteiger partial charge in [-0.3, -0.25) is 15.5 Å². The van der Waals surface area contributed by atoms with Gasteiger partial charge in [-0.2, -0.15) is 4.99 Å². The van der Waals surface area contributed by atoms with Crippen LogP contribution in [0.5, 0.6) is 0 Å². The zero-order valence-electron chi connectivity index (χ0n) is 14.1. The van der Waals surface area contributed by atoms with E-state index in [4.69, 9.17) is 10.1 Å². The third-order valence-corrected chi connectivity index (χ3v) is 4.57. The maximum absolute atomic E-state index is 12.4. The Bertz CT molecular complexity index is 758. The van der Waals surface area contributed by atoms with Gasteiger partial charge in [-0.15, -0.1) is 0 Å². The first-order valence-corrected chi connectivity index (χ1v) is 8.80. The van der Waals surface area contributed by atoms with Gasteiger partial charge in [-0.05, 0) is 37.1 Å². The van der Waals surface area contributed by atoms with Gasteiger partial charge < -0.3 is 15.0 Å². The van der Waals surface area contributed by atoms with E-state index >= 15 is 0 Å². The Morgan fingerprint density at radius 2 is 1.96 bits per heavy atom. The van der Waals surface area contributed by atoms with Gasteiger partial charge in [-0.25, -0.2) is 0 Å². The number of morpholine rings is 1. The number of halogens is 1. The Morgan fingerprint density at radius 3 is 2.56 bits per heavy atom. The maximum atomic E-state index is 12.4. The number of hydrogen-bond acceptors (Lipinski definition) is 5. The van der Waals surface area contributed by atoms with Crippen LogP contribution in [0.2, 0.25) is 0 Å². The molecular weight excluding hydrogens is 386 g/mol. The molecule has 0 radical (unpaired) electrons. The van der Waals surface area contributed by atoms with Crippen LogP contribution in [-0.2, 0) is 9.53 Å². The van der Waals surface area contributed by atoms with Crippen LogP contribution in [0.4, 0.5) is 5.69 Å². The smallest absolute Gasteiger partial charge is 0.263 e. The highest BCUT2D eigenvalue weighted by molar-refractivity contribution is 9.10. The summed E-state index contributed by atoms with van der Waals surface area (Å²) in [5.41, 5.74) is 3.21. The standard InChI is InChI=1S/C17H20BrN5O2/c1-10-7-12(18)8-11(2)14(10)20-9-13-15(19)21-17(22-16(13)24)23-3-5-25-6-4-23/h7-9,20H,3-6H2,1-2H3,(H2,19,21,22,24)/b13-9+. The second-order valence-electron chi connectivity index (χ2n) is 5.95. The van der Waals surface area contributed by atoms with E-state index in [9.17, 15) is 4.79 Å². The van der Waals surface area contributed by atoms with Gasteiger partial charge in [0.15, 0.2) is 5.84 Å². The molecular formula is C17H20BrN5O2. The number of rotatable bonds is 2. The Morgan fingerprint density at radius 1 is 1.32 bits per heavy atom. The molecule has 1 aromatic rings. The minimum atomic E-state index is -0.332. The summed E-state index contributed by atoms with van der Waals surface area (Å²) in [6, 6.07) is 3.99. The van der Waals surface area contributed by atoms with E-state index in [-0.39, 0.29) is 17.3 Å². The first-order chi connectivity index (χ1) is 12.0. The molecule has 1 amide bonds. The number of anilines is 1. The van der Waals surface area contributed by atoms with Gasteiger partial charge in [-0.1, -0.05) is 15.9 Å². The van der Waals surface area contributed by atoms with Crippen LogP contribution in [0.15, 0.2) is 33.4 Å². The number of aliphatic imine (C=N–C) groups is 1. The van der Waals surface area contributed by atoms with Gasteiger partial charge in [0.1, 0.15) is 0 Å². The number of carbonyl (C=O) groups is 1. The molecule has 0 atom stereocenters. The molecule has 1 saturated heterocycles. The van der Waals surface area contributed by atoms with Crippen molar-refractivity contribution in [2.24, 2.45) is 4.99 Å². The van der Waals surface area contributed by atoms with Crippen molar-refractivity contribution in [1.29, 1.82) is 5.41 Å². The van der Waals surface area contributed by atoms with Crippen molar-refractivity contribution in [3.05, 3.63) is 39.5 Å². The van der Waals surface area contributed by atoms with E-state index in [1.807, 2.05) is 30.9 Å². The van der Waals surface area contributed by atoms with Crippen molar-refractivity contribution in [3.63, 3.8) is 0 Å². The van der Waals surface area contributed by atoms with Crippen molar-refractivity contribution in [2.45, 2.75) is 13.8 Å². The summed E-state index contributed by atoms with van der Waals surface area (Å²) in [7, 11) is 0. The number of hydrogen-bond donors (Lipinski definition) is 3. The first kappa shape index (κ1) is 17.6. The number of nitrogens with one attached hydrogen (secondary N) is 3. The molecule has 8 heteroatoms. The van der Waals surface area contributed by atoms with Crippen LogP contribution in [0.3, 0.4) is 0 Å². The normalized spacial score (nSPS) is 19.7. The molecule has 7 nitrogen and oxygen atoms in total. The van der Waals surface area contributed by atoms with Gasteiger partial charge >= 0.3 is 0 Å². The molecule has 0 aliphatic carbocycles. The Kier molecular flexibility index (Phi) is 5.19. The average molecular weight is 406 g/mol. The van der Waals surface area contributed by atoms with Crippen molar-refractivity contribution in [2.75, 3.05) is 31.6 Å². The van der Waals surface area contributed by atoms with Crippen LogP contribution in [0.1, 0.15) is 11.1 Å². The fourth-order valence-corrected chi connectivity index (χ4v) is 3.50. The predicted octanol–water partition coefficient (Wildman–Crippen LogP) is 2.16. The van der Waals surface area contributed by atoms with Crippen molar-refractivity contribution in [1.82, 2.24) is 10.2 Å². The maximum Gasteiger partial charge on any atom is 0.263 e. The first-order valence-electron chi connectivity index (χ1n) is 8.01. The topological polar surface area (TPSA) is 89.8 Å². The summed E-state index contributed by atoms with van der Waals surface area (Å²) in [4.78, 5) is 18.5. The molecule has 0 saturated carbocycles. The summed E-state index contributed by atoms with van der Waals surface area (Å²) in [6.45, 7) is 6.46. The molecule has 0 aromatic heterocycles. The lowest BCUT2D eigenvalue weighted by atomic mass is 10.1. The number of ether oxygens (including phenoxy) is 1. The molecule has 0 spiro atoms. The van der Waals surface area contributed by atoms with Gasteiger partial charge in [0, 0.05) is 29.4 Å². The van der Waals surface area contributed by atoms with Gasteiger partial charge in [0.2, 0.25) is 5.96 Å². The SMILES string of the molecule is Cc1cc(Br)cc(C)c1N/C=C1\C(=N)N=C(N2CCOCC2)NC1=O. The molecule has 3 N–H and O–H groups in total. The quantitative estimate of drug-likeness (QED) is 0.657. The fraction of sp³-hybridized carbons (Fsp3) is 0.353. The second kappa shape index (κ2) is 7.37. The van der Waals surface area contributed by atoms with Crippen LogP contribution < -0.4 is 10.6 Å². The third-order valence-electron chi connectivity index (χ3n) is 4.11. The minimum absolute atomic E-state index is 0.0508. The molecule has 3 rings (SSSR count). The summed E-state index contributed by atoms with van der Waals surface area (Å²) >= 11 is 3.47. The number of guanidine groups is 1. The molecule has 2 aliphatic rings. The molecule has 1 aromatic carbocycles. The zero-order chi connectivity index (χ0) is 18.0. The molecule has 0 unspecified atom stereocenters. The largest absolute Gasteiger partial charge is 0.378 e. The van der Waals surface area contributed by atoms with Crippen LogP contribution in [0.25, 0.3) is 0 Å². The Labute approximate surface area is 154 Å². The van der Waals surface area contributed by atoms with Crippen molar-refractivity contribution < 1.29 is 9.53 Å². The molecule has 1 fully saturated rings.